The van der Waals surface area contributed by atoms with Crippen molar-refractivity contribution >= 4 is 16.0 Å². The number of likely N-dealkylation sites (tertiary alicyclic amines) is 1. The Morgan fingerprint density at radius 3 is 2.81 bits per heavy atom. The van der Waals surface area contributed by atoms with Gasteiger partial charge in [0.15, 0.2) is 5.69 Å². The highest BCUT2D eigenvalue weighted by Crippen LogP contribution is 2.16. The van der Waals surface area contributed by atoms with E-state index in [1.165, 1.54) is 30.6 Å². The molecule has 144 valence electrons. The fourth-order valence-electron chi connectivity index (χ4n) is 2.99. The molecular weight excluding hydrogens is 375 g/mol. The van der Waals surface area contributed by atoms with Gasteiger partial charge in [0.25, 0.3) is 0 Å². The molecule has 1 atom stereocenters. The maximum Gasteiger partial charge on any atom is 0.356 e. The second kappa shape index (κ2) is 8.07. The van der Waals surface area contributed by atoms with Gasteiger partial charge in [-0.25, -0.2) is 27.3 Å². The lowest BCUT2D eigenvalue weighted by molar-refractivity contribution is 0.0690. The third kappa shape index (κ3) is 5.06. The number of rotatable bonds is 6. The predicted molar refractivity (Wildman–Crippen MR) is 94.0 cm³/mol. The van der Waals surface area contributed by atoms with Crippen LogP contribution in [0.25, 0.3) is 0 Å². The van der Waals surface area contributed by atoms with Crippen molar-refractivity contribution < 1.29 is 22.7 Å². The maximum atomic E-state index is 13.3. The van der Waals surface area contributed by atoms with E-state index in [-0.39, 0.29) is 16.6 Å². The smallest absolute Gasteiger partial charge is 0.356 e. The molecular formula is C17H19FN4O4S. The molecule has 2 N–H and O–H groups in total. The first-order chi connectivity index (χ1) is 12.8. The lowest BCUT2D eigenvalue weighted by Gasteiger charge is -2.32. The van der Waals surface area contributed by atoms with Crippen molar-refractivity contribution in [2.75, 3.05) is 13.1 Å². The summed E-state index contributed by atoms with van der Waals surface area (Å²) < 4.78 is 40.8. The third-order valence-corrected chi connectivity index (χ3v) is 5.76. The Morgan fingerprint density at radius 1 is 1.33 bits per heavy atom. The molecule has 8 nitrogen and oxygen atoms in total. The molecule has 10 heteroatoms. The molecule has 1 aliphatic heterocycles. The molecule has 1 aromatic carbocycles. The Bertz CT molecular complexity index is 921. The SMILES string of the molecule is O=C(O)c1cnc(CN2CCCC(NS(=O)(=O)c3cccc(F)c3)C2)cn1. The molecule has 0 radical (unpaired) electrons. The van der Waals surface area contributed by atoms with Crippen LogP contribution in [0.1, 0.15) is 29.0 Å². The number of benzene rings is 1. The molecule has 0 spiro atoms. The number of halogens is 1. The van der Waals surface area contributed by atoms with Crippen molar-refractivity contribution in [3.63, 3.8) is 0 Å². The van der Waals surface area contributed by atoms with Crippen LogP contribution in [0, 0.1) is 5.82 Å². The van der Waals surface area contributed by atoms with E-state index < -0.39 is 21.8 Å². The van der Waals surface area contributed by atoms with Crippen molar-refractivity contribution in [3.8, 4) is 0 Å². The summed E-state index contributed by atoms with van der Waals surface area (Å²) in [5, 5.41) is 8.85. The zero-order valence-corrected chi connectivity index (χ0v) is 15.2. The summed E-state index contributed by atoms with van der Waals surface area (Å²) in [6, 6.07) is 4.58. The van der Waals surface area contributed by atoms with Crippen LogP contribution < -0.4 is 4.72 Å². The Morgan fingerprint density at radius 2 is 2.15 bits per heavy atom. The van der Waals surface area contributed by atoms with Crippen LogP contribution >= 0.6 is 0 Å². The van der Waals surface area contributed by atoms with Gasteiger partial charge in [-0.05, 0) is 37.6 Å². The van der Waals surface area contributed by atoms with E-state index in [0.717, 1.165) is 19.0 Å². The van der Waals surface area contributed by atoms with E-state index in [4.69, 9.17) is 5.11 Å². The van der Waals surface area contributed by atoms with Gasteiger partial charge in [0.1, 0.15) is 5.82 Å². The number of piperidine rings is 1. The summed E-state index contributed by atoms with van der Waals surface area (Å²) in [6.07, 6.45) is 4.07. The Labute approximate surface area is 156 Å². The molecule has 0 bridgehead atoms. The molecule has 1 aliphatic rings. The number of nitrogens with zero attached hydrogens (tertiary/aromatic N) is 3. The highest BCUT2D eigenvalue weighted by molar-refractivity contribution is 7.89. The second-order valence-electron chi connectivity index (χ2n) is 6.35. The molecule has 1 unspecified atom stereocenters. The van der Waals surface area contributed by atoms with E-state index >= 15 is 0 Å². The van der Waals surface area contributed by atoms with Crippen LogP contribution in [0.2, 0.25) is 0 Å². The highest BCUT2D eigenvalue weighted by atomic mass is 32.2. The number of hydrogen-bond donors (Lipinski definition) is 2. The van der Waals surface area contributed by atoms with Gasteiger partial charge >= 0.3 is 5.97 Å². The maximum absolute atomic E-state index is 13.3. The van der Waals surface area contributed by atoms with Crippen LogP contribution in [-0.4, -0.2) is 53.5 Å². The molecule has 1 saturated heterocycles. The van der Waals surface area contributed by atoms with Crippen molar-refractivity contribution in [1.29, 1.82) is 0 Å². The molecule has 1 fully saturated rings. The van der Waals surface area contributed by atoms with Crippen LogP contribution in [-0.2, 0) is 16.6 Å². The second-order valence-corrected chi connectivity index (χ2v) is 8.07. The average Bonchev–Trinajstić information content (AvgIpc) is 2.62. The Balaban J connectivity index is 1.63. The normalized spacial score (nSPS) is 18.3. The van der Waals surface area contributed by atoms with E-state index in [9.17, 15) is 17.6 Å². The molecule has 0 amide bonds. The number of hydrogen-bond acceptors (Lipinski definition) is 6. The molecule has 2 aromatic rings. The minimum Gasteiger partial charge on any atom is -0.476 e. The average molecular weight is 394 g/mol. The van der Waals surface area contributed by atoms with Crippen molar-refractivity contribution in [3.05, 3.63) is 53.9 Å². The zero-order chi connectivity index (χ0) is 19.4. The first-order valence-corrected chi connectivity index (χ1v) is 9.86. The quantitative estimate of drug-likeness (QED) is 0.758. The van der Waals surface area contributed by atoms with Crippen LogP contribution in [0.4, 0.5) is 4.39 Å². The van der Waals surface area contributed by atoms with E-state index in [1.807, 2.05) is 4.90 Å². The number of carboxylic acid groups (broad SMARTS) is 1. The monoisotopic (exact) mass is 394 g/mol. The van der Waals surface area contributed by atoms with Gasteiger partial charge in [0.05, 0.1) is 23.0 Å². The fraction of sp³-hybridized carbons (Fsp3) is 0.353. The van der Waals surface area contributed by atoms with Gasteiger partial charge < -0.3 is 5.11 Å². The van der Waals surface area contributed by atoms with Gasteiger partial charge in [-0.1, -0.05) is 6.07 Å². The summed E-state index contributed by atoms with van der Waals surface area (Å²) in [4.78, 5) is 20.7. The number of aromatic carboxylic acids is 1. The minimum atomic E-state index is -3.80. The van der Waals surface area contributed by atoms with Crippen molar-refractivity contribution in [1.82, 2.24) is 19.6 Å². The number of carbonyl (C=O) groups is 1. The Hall–Kier alpha value is -2.43. The Kier molecular flexibility index (Phi) is 5.78. The van der Waals surface area contributed by atoms with Crippen LogP contribution in [0.3, 0.4) is 0 Å². The number of nitrogens with one attached hydrogen (secondary N) is 1. The molecule has 0 aliphatic carbocycles. The number of sulfonamides is 1. The predicted octanol–water partition coefficient (Wildman–Crippen LogP) is 1.26. The standard InChI is InChI=1S/C17H19FN4O4S/c18-12-3-1-5-15(7-12)27(25,26)21-13-4-2-6-22(10-13)11-14-8-20-16(9-19-14)17(23)24/h1,3,5,7-9,13,21H,2,4,6,10-11H2,(H,23,24). The van der Waals surface area contributed by atoms with E-state index in [0.29, 0.717) is 25.2 Å². The molecule has 0 saturated carbocycles. The van der Waals surface area contributed by atoms with Crippen LogP contribution in [0.15, 0.2) is 41.6 Å². The zero-order valence-electron chi connectivity index (χ0n) is 14.4. The third-order valence-electron chi connectivity index (χ3n) is 4.24. The molecule has 27 heavy (non-hydrogen) atoms. The van der Waals surface area contributed by atoms with Gasteiger partial charge in [0, 0.05) is 19.1 Å². The summed E-state index contributed by atoms with van der Waals surface area (Å²) in [5.41, 5.74) is 0.478. The highest BCUT2D eigenvalue weighted by Gasteiger charge is 2.25. The summed E-state index contributed by atoms with van der Waals surface area (Å²) in [6.45, 7) is 1.67. The first kappa shape index (κ1) is 19.3. The van der Waals surface area contributed by atoms with E-state index in [1.54, 1.807) is 0 Å². The van der Waals surface area contributed by atoms with Crippen molar-refractivity contribution in [2.24, 2.45) is 0 Å². The first-order valence-electron chi connectivity index (χ1n) is 8.38. The fourth-order valence-corrected chi connectivity index (χ4v) is 4.29. The largest absolute Gasteiger partial charge is 0.476 e. The topological polar surface area (TPSA) is 112 Å². The lowest BCUT2D eigenvalue weighted by atomic mass is 10.1. The van der Waals surface area contributed by atoms with Gasteiger partial charge in [-0.15, -0.1) is 0 Å². The molecule has 1 aromatic heterocycles. The van der Waals surface area contributed by atoms with Gasteiger partial charge in [-0.3, -0.25) is 9.88 Å². The van der Waals surface area contributed by atoms with E-state index in [2.05, 4.69) is 14.7 Å². The molecule has 3 rings (SSSR count). The minimum absolute atomic E-state index is 0.102. The number of carboxylic acids is 1. The number of aromatic nitrogens is 2. The summed E-state index contributed by atoms with van der Waals surface area (Å²) >= 11 is 0. The summed E-state index contributed by atoms with van der Waals surface area (Å²) in [7, 11) is -3.80. The van der Waals surface area contributed by atoms with Crippen LogP contribution in [0.5, 0.6) is 0 Å². The summed E-state index contributed by atoms with van der Waals surface area (Å²) in [5.74, 6) is -1.75. The van der Waals surface area contributed by atoms with Crippen molar-refractivity contribution in [2.45, 2.75) is 30.3 Å². The molecule has 2 heterocycles. The van der Waals surface area contributed by atoms with Gasteiger partial charge in [-0.2, -0.15) is 0 Å². The lowest BCUT2D eigenvalue weighted by Crippen LogP contribution is -2.47. The van der Waals surface area contributed by atoms with Gasteiger partial charge in [0.2, 0.25) is 10.0 Å².